The van der Waals surface area contributed by atoms with E-state index in [9.17, 15) is 4.39 Å². The highest BCUT2D eigenvalue weighted by Gasteiger charge is 2.28. The highest BCUT2D eigenvalue weighted by molar-refractivity contribution is 9.10. The normalized spacial score (nSPS) is 14.1. The second kappa shape index (κ2) is 6.64. The van der Waals surface area contributed by atoms with Crippen LogP contribution in [0.5, 0.6) is 0 Å². The van der Waals surface area contributed by atoms with E-state index in [0.29, 0.717) is 29.1 Å². The summed E-state index contributed by atoms with van der Waals surface area (Å²) in [5.41, 5.74) is 5.92. The van der Waals surface area contributed by atoms with E-state index in [1.807, 2.05) is 6.92 Å². The summed E-state index contributed by atoms with van der Waals surface area (Å²) in [6.45, 7) is 4.72. The fourth-order valence-electron chi connectivity index (χ4n) is 1.69. The molecule has 1 aromatic carbocycles. The van der Waals surface area contributed by atoms with Gasteiger partial charge in [-0.2, -0.15) is 4.98 Å². The molecule has 0 bridgehead atoms. The van der Waals surface area contributed by atoms with Gasteiger partial charge in [-0.15, -0.1) is 0 Å². The number of hydrogen-bond donors (Lipinski definition) is 1. The summed E-state index contributed by atoms with van der Waals surface area (Å²) in [6.07, 6.45) is 0.914. The maximum absolute atomic E-state index is 13.2. The molecule has 2 N–H and O–H groups in total. The Balaban J connectivity index is 2.18. The Morgan fingerprint density at radius 3 is 2.90 bits per heavy atom. The van der Waals surface area contributed by atoms with Crippen LogP contribution in [0.15, 0.2) is 27.2 Å². The van der Waals surface area contributed by atoms with Gasteiger partial charge in [0.05, 0.1) is 11.1 Å². The molecule has 114 valence electrons. The molecule has 0 fully saturated rings. The minimum Gasteiger partial charge on any atom is -0.379 e. The van der Waals surface area contributed by atoms with Gasteiger partial charge in [0, 0.05) is 12.2 Å². The fourth-order valence-corrected chi connectivity index (χ4v) is 2.07. The number of halogens is 2. The Hall–Kier alpha value is -1.31. The zero-order chi connectivity index (χ0) is 15.5. The van der Waals surface area contributed by atoms with Crippen molar-refractivity contribution in [1.82, 2.24) is 10.1 Å². The minimum absolute atomic E-state index is 0.290. The summed E-state index contributed by atoms with van der Waals surface area (Å²) in [6, 6.07) is 4.47. The molecule has 0 aliphatic heterocycles. The molecule has 0 saturated heterocycles. The summed E-state index contributed by atoms with van der Waals surface area (Å²) in [5.74, 6) is 0.294. The van der Waals surface area contributed by atoms with Crippen LogP contribution in [0.1, 0.15) is 26.1 Å². The molecule has 5 nitrogen and oxygen atoms in total. The van der Waals surface area contributed by atoms with Gasteiger partial charge in [-0.3, -0.25) is 0 Å². The zero-order valence-electron chi connectivity index (χ0n) is 11.9. The molecule has 0 aliphatic carbocycles. The number of benzene rings is 1. The van der Waals surface area contributed by atoms with Gasteiger partial charge in [0.15, 0.2) is 5.82 Å². The van der Waals surface area contributed by atoms with Crippen molar-refractivity contribution in [3.05, 3.63) is 34.3 Å². The topological polar surface area (TPSA) is 74.2 Å². The highest BCUT2D eigenvalue weighted by atomic mass is 79.9. The van der Waals surface area contributed by atoms with Gasteiger partial charge in [0.1, 0.15) is 11.4 Å². The van der Waals surface area contributed by atoms with Crippen molar-refractivity contribution in [2.75, 3.05) is 13.2 Å². The first kappa shape index (κ1) is 16.1. The molecular weight excluding hydrogens is 341 g/mol. The lowest BCUT2D eigenvalue weighted by molar-refractivity contribution is 0.0867. The monoisotopic (exact) mass is 357 g/mol. The SMILES string of the molecule is CCCOCC(C)(N)c1noc(-c2ccc(F)c(Br)c2)n1. The van der Waals surface area contributed by atoms with Crippen LogP contribution in [0.4, 0.5) is 4.39 Å². The lowest BCUT2D eigenvalue weighted by Gasteiger charge is -2.19. The standard InChI is InChI=1S/C14H17BrFN3O2/c1-3-6-20-8-14(2,17)13-18-12(21-19-13)9-4-5-11(16)10(15)7-9/h4-5,7H,3,6,8,17H2,1-2H3. The summed E-state index contributed by atoms with van der Waals surface area (Å²) in [5, 5.41) is 3.89. The molecule has 0 saturated carbocycles. The van der Waals surface area contributed by atoms with E-state index >= 15 is 0 Å². The van der Waals surface area contributed by atoms with Crippen molar-refractivity contribution in [2.24, 2.45) is 5.73 Å². The quantitative estimate of drug-likeness (QED) is 0.803. The largest absolute Gasteiger partial charge is 0.379 e. The Bertz CT molecular complexity index is 616. The first-order valence-electron chi connectivity index (χ1n) is 6.60. The van der Waals surface area contributed by atoms with Crippen molar-refractivity contribution in [1.29, 1.82) is 0 Å². The van der Waals surface area contributed by atoms with Crippen LogP contribution in [0.3, 0.4) is 0 Å². The Morgan fingerprint density at radius 1 is 1.48 bits per heavy atom. The van der Waals surface area contributed by atoms with Gasteiger partial charge >= 0.3 is 0 Å². The van der Waals surface area contributed by atoms with Crippen molar-refractivity contribution in [2.45, 2.75) is 25.8 Å². The maximum atomic E-state index is 13.2. The fraction of sp³-hybridized carbons (Fsp3) is 0.429. The first-order valence-corrected chi connectivity index (χ1v) is 7.39. The van der Waals surface area contributed by atoms with Crippen molar-refractivity contribution < 1.29 is 13.7 Å². The third kappa shape index (κ3) is 3.87. The molecule has 0 spiro atoms. The molecule has 0 aliphatic rings. The zero-order valence-corrected chi connectivity index (χ0v) is 13.5. The van der Waals surface area contributed by atoms with Gasteiger partial charge in [-0.1, -0.05) is 12.1 Å². The predicted octanol–water partition coefficient (Wildman–Crippen LogP) is 3.24. The second-order valence-corrected chi connectivity index (χ2v) is 5.88. The Labute approximate surface area is 130 Å². The van der Waals surface area contributed by atoms with Crippen LogP contribution >= 0.6 is 15.9 Å². The van der Waals surface area contributed by atoms with E-state index in [-0.39, 0.29) is 11.7 Å². The number of nitrogens with two attached hydrogens (primary N) is 1. The average molecular weight is 358 g/mol. The molecule has 7 heteroatoms. The molecule has 1 aromatic heterocycles. The van der Waals surface area contributed by atoms with Gasteiger partial charge in [-0.05, 0) is 47.5 Å². The summed E-state index contributed by atoms with van der Waals surface area (Å²) >= 11 is 3.12. The van der Waals surface area contributed by atoms with Gasteiger partial charge in [0.25, 0.3) is 5.89 Å². The molecule has 2 aromatic rings. The third-order valence-corrected chi connectivity index (χ3v) is 3.46. The molecular formula is C14H17BrFN3O2. The predicted molar refractivity (Wildman–Crippen MR) is 80.0 cm³/mol. The smallest absolute Gasteiger partial charge is 0.258 e. The van der Waals surface area contributed by atoms with E-state index < -0.39 is 5.54 Å². The lowest BCUT2D eigenvalue weighted by Crippen LogP contribution is -2.39. The van der Waals surface area contributed by atoms with Crippen molar-refractivity contribution >= 4 is 15.9 Å². The summed E-state index contributed by atoms with van der Waals surface area (Å²) < 4.78 is 24.2. The average Bonchev–Trinajstić information content (AvgIpc) is 2.92. The van der Waals surface area contributed by atoms with E-state index in [4.69, 9.17) is 15.0 Å². The van der Waals surface area contributed by atoms with Crippen LogP contribution < -0.4 is 5.73 Å². The number of nitrogens with zero attached hydrogens (tertiary/aromatic N) is 2. The molecule has 1 unspecified atom stereocenters. The maximum Gasteiger partial charge on any atom is 0.258 e. The molecule has 0 amide bonds. The summed E-state index contributed by atoms with van der Waals surface area (Å²) in [4.78, 5) is 4.28. The van der Waals surface area contributed by atoms with Gasteiger partial charge < -0.3 is 15.0 Å². The minimum atomic E-state index is -0.839. The number of aromatic nitrogens is 2. The van der Waals surface area contributed by atoms with Crippen molar-refractivity contribution in [3.8, 4) is 11.5 Å². The van der Waals surface area contributed by atoms with Crippen LogP contribution in [-0.4, -0.2) is 23.4 Å². The second-order valence-electron chi connectivity index (χ2n) is 5.02. The van der Waals surface area contributed by atoms with E-state index in [1.54, 1.807) is 19.1 Å². The van der Waals surface area contributed by atoms with E-state index in [1.165, 1.54) is 6.07 Å². The molecule has 0 radical (unpaired) electrons. The molecule has 1 atom stereocenters. The van der Waals surface area contributed by atoms with Crippen LogP contribution in [0.25, 0.3) is 11.5 Å². The number of rotatable bonds is 6. The van der Waals surface area contributed by atoms with Gasteiger partial charge in [-0.25, -0.2) is 4.39 Å². The Kier molecular flexibility index (Phi) is 5.08. The van der Waals surface area contributed by atoms with Crippen LogP contribution in [-0.2, 0) is 10.3 Å². The third-order valence-electron chi connectivity index (χ3n) is 2.85. The van der Waals surface area contributed by atoms with E-state index in [0.717, 1.165) is 6.42 Å². The summed E-state index contributed by atoms with van der Waals surface area (Å²) in [7, 11) is 0. The number of ether oxygens (including phenoxy) is 1. The van der Waals surface area contributed by atoms with E-state index in [2.05, 4.69) is 26.1 Å². The molecule has 2 rings (SSSR count). The van der Waals surface area contributed by atoms with Crippen LogP contribution in [0.2, 0.25) is 0 Å². The molecule has 1 heterocycles. The first-order chi connectivity index (χ1) is 9.94. The highest BCUT2D eigenvalue weighted by Crippen LogP contribution is 2.25. The van der Waals surface area contributed by atoms with Crippen LogP contribution in [0, 0.1) is 5.82 Å². The number of hydrogen-bond acceptors (Lipinski definition) is 5. The molecule has 21 heavy (non-hydrogen) atoms. The Morgan fingerprint density at radius 2 is 2.24 bits per heavy atom. The van der Waals surface area contributed by atoms with Crippen molar-refractivity contribution in [3.63, 3.8) is 0 Å². The lowest BCUT2D eigenvalue weighted by atomic mass is 10.1. The van der Waals surface area contributed by atoms with Gasteiger partial charge in [0.2, 0.25) is 0 Å².